The maximum Gasteiger partial charge on any atom is 0.327 e. The van der Waals surface area contributed by atoms with Crippen LogP contribution in [0.3, 0.4) is 0 Å². The van der Waals surface area contributed by atoms with Gasteiger partial charge in [0.15, 0.2) is 0 Å². The molecule has 0 aliphatic carbocycles. The molecule has 2 aliphatic rings. The molecule has 2 heterocycles. The van der Waals surface area contributed by atoms with Gasteiger partial charge in [-0.3, -0.25) is 0 Å². The fourth-order valence-electron chi connectivity index (χ4n) is 2.81. The Morgan fingerprint density at radius 1 is 0.967 bits per heavy atom. The standard InChI is InChI=1S/C21H24O4.C3H4O2/c1-21(2,15-3-7-17(8-4-15)22-11-19-13-24-19)16-5-9-18(10-6-16)23-12-20-14-25-20;1-2-3(4)5/h3-10,19-20H,11-14H2,1-2H3;2H,1H2,(H,4,5). The Labute approximate surface area is 177 Å². The molecule has 0 spiro atoms. The van der Waals surface area contributed by atoms with Gasteiger partial charge in [-0.1, -0.05) is 44.7 Å². The number of ether oxygens (including phenoxy) is 4. The summed E-state index contributed by atoms with van der Waals surface area (Å²) in [5, 5.41) is 7.60. The largest absolute Gasteiger partial charge is 0.491 e. The van der Waals surface area contributed by atoms with E-state index in [4.69, 9.17) is 24.1 Å². The molecule has 2 saturated heterocycles. The lowest BCUT2D eigenvalue weighted by atomic mass is 9.78. The number of carboxylic acid groups (broad SMARTS) is 1. The molecule has 30 heavy (non-hydrogen) atoms. The maximum atomic E-state index is 9.25. The Morgan fingerprint density at radius 3 is 1.57 bits per heavy atom. The molecule has 2 fully saturated rings. The fraction of sp³-hybridized carbons (Fsp3) is 0.375. The van der Waals surface area contributed by atoms with Crippen LogP contribution in [0.25, 0.3) is 0 Å². The minimum absolute atomic E-state index is 0.0870. The Morgan fingerprint density at radius 2 is 1.30 bits per heavy atom. The van der Waals surface area contributed by atoms with E-state index in [0.29, 0.717) is 13.2 Å². The highest BCUT2D eigenvalue weighted by Crippen LogP contribution is 2.33. The van der Waals surface area contributed by atoms with Gasteiger partial charge in [-0.05, 0) is 35.4 Å². The van der Waals surface area contributed by atoms with Crippen LogP contribution in [0.15, 0.2) is 61.2 Å². The highest BCUT2D eigenvalue weighted by Gasteiger charge is 2.25. The third kappa shape index (κ3) is 6.61. The van der Waals surface area contributed by atoms with E-state index >= 15 is 0 Å². The maximum absolute atomic E-state index is 9.25. The zero-order valence-electron chi connectivity index (χ0n) is 17.4. The van der Waals surface area contributed by atoms with E-state index in [1.165, 1.54) is 11.1 Å². The van der Waals surface area contributed by atoms with E-state index in [1.807, 2.05) is 24.3 Å². The number of benzene rings is 2. The summed E-state index contributed by atoms with van der Waals surface area (Å²) in [7, 11) is 0. The number of rotatable bonds is 9. The van der Waals surface area contributed by atoms with Crippen molar-refractivity contribution in [3.05, 3.63) is 72.3 Å². The van der Waals surface area contributed by atoms with Crippen LogP contribution < -0.4 is 9.47 Å². The molecular formula is C24H28O6. The van der Waals surface area contributed by atoms with Gasteiger partial charge < -0.3 is 24.1 Å². The van der Waals surface area contributed by atoms with Gasteiger partial charge in [-0.2, -0.15) is 0 Å². The Hall–Kier alpha value is -2.83. The quantitative estimate of drug-likeness (QED) is 0.498. The molecule has 6 heteroatoms. The molecule has 4 rings (SSSR count). The first-order chi connectivity index (χ1) is 14.4. The van der Waals surface area contributed by atoms with E-state index in [0.717, 1.165) is 30.8 Å². The molecule has 0 amide bonds. The topological polar surface area (TPSA) is 80.8 Å². The highest BCUT2D eigenvalue weighted by atomic mass is 16.6. The van der Waals surface area contributed by atoms with Crippen LogP contribution in [0.1, 0.15) is 25.0 Å². The third-order valence-electron chi connectivity index (χ3n) is 5.00. The number of hydrogen-bond acceptors (Lipinski definition) is 5. The number of carboxylic acids is 1. The molecule has 2 aliphatic heterocycles. The predicted octanol–water partition coefficient (Wildman–Crippen LogP) is 3.82. The van der Waals surface area contributed by atoms with Crippen molar-refractivity contribution >= 4 is 5.97 Å². The second kappa shape index (κ2) is 9.78. The molecule has 0 radical (unpaired) electrons. The highest BCUT2D eigenvalue weighted by molar-refractivity contribution is 5.78. The zero-order chi connectivity index (χ0) is 21.6. The lowest BCUT2D eigenvalue weighted by Gasteiger charge is -2.26. The average molecular weight is 412 g/mol. The van der Waals surface area contributed by atoms with Crippen LogP contribution in [0.5, 0.6) is 11.5 Å². The molecule has 2 aromatic rings. The lowest BCUT2D eigenvalue weighted by Crippen LogP contribution is -2.18. The predicted molar refractivity (Wildman–Crippen MR) is 113 cm³/mol. The van der Waals surface area contributed by atoms with Gasteiger partial charge in [-0.15, -0.1) is 0 Å². The number of carbonyl (C=O) groups is 1. The summed E-state index contributed by atoms with van der Waals surface area (Å²) in [6, 6.07) is 16.7. The van der Waals surface area contributed by atoms with Crippen molar-refractivity contribution in [3.8, 4) is 11.5 Å². The molecular weight excluding hydrogens is 384 g/mol. The van der Waals surface area contributed by atoms with Crippen molar-refractivity contribution in [1.29, 1.82) is 0 Å². The van der Waals surface area contributed by atoms with Crippen molar-refractivity contribution in [2.45, 2.75) is 31.5 Å². The summed E-state index contributed by atoms with van der Waals surface area (Å²) in [5.74, 6) is 0.798. The normalized spacial score (nSPS) is 19.1. The minimum atomic E-state index is -0.981. The van der Waals surface area contributed by atoms with Crippen molar-refractivity contribution in [1.82, 2.24) is 0 Å². The van der Waals surface area contributed by atoms with Crippen LogP contribution in [0, 0.1) is 0 Å². The van der Waals surface area contributed by atoms with Gasteiger partial charge in [0.1, 0.15) is 36.9 Å². The summed E-state index contributed by atoms with van der Waals surface area (Å²) in [5.41, 5.74) is 2.42. The number of hydrogen-bond donors (Lipinski definition) is 1. The monoisotopic (exact) mass is 412 g/mol. The van der Waals surface area contributed by atoms with Gasteiger partial charge in [0.2, 0.25) is 0 Å². The van der Waals surface area contributed by atoms with Crippen LogP contribution in [-0.4, -0.2) is 49.7 Å². The van der Waals surface area contributed by atoms with Crippen molar-refractivity contribution in [3.63, 3.8) is 0 Å². The third-order valence-corrected chi connectivity index (χ3v) is 5.00. The number of epoxide rings is 2. The molecule has 6 nitrogen and oxygen atoms in total. The first kappa shape index (κ1) is 21.9. The van der Waals surface area contributed by atoms with E-state index in [9.17, 15) is 4.79 Å². The minimum Gasteiger partial charge on any atom is -0.491 e. The lowest BCUT2D eigenvalue weighted by molar-refractivity contribution is -0.131. The van der Waals surface area contributed by atoms with Gasteiger partial charge >= 0.3 is 5.97 Å². The van der Waals surface area contributed by atoms with Gasteiger partial charge in [0, 0.05) is 11.5 Å². The Balaban J connectivity index is 0.000000461. The molecule has 0 saturated carbocycles. The Bertz CT molecular complexity index is 772. The SMILES string of the molecule is C=CC(=O)O.CC(C)(c1ccc(OCC2CO2)cc1)c1ccc(OCC2CO2)cc1. The van der Waals surface area contributed by atoms with E-state index in [-0.39, 0.29) is 17.6 Å². The van der Waals surface area contributed by atoms with Crippen LogP contribution in [0.4, 0.5) is 0 Å². The van der Waals surface area contributed by atoms with Gasteiger partial charge in [0.25, 0.3) is 0 Å². The van der Waals surface area contributed by atoms with Gasteiger partial charge in [0.05, 0.1) is 13.2 Å². The summed E-state index contributed by atoms with van der Waals surface area (Å²) in [4.78, 5) is 9.25. The second-order valence-corrected chi connectivity index (χ2v) is 7.75. The summed E-state index contributed by atoms with van der Waals surface area (Å²) in [6.07, 6.45) is 1.40. The summed E-state index contributed by atoms with van der Waals surface area (Å²) < 4.78 is 21.8. The molecule has 1 N–H and O–H groups in total. The van der Waals surface area contributed by atoms with Gasteiger partial charge in [-0.25, -0.2) is 4.79 Å². The smallest absolute Gasteiger partial charge is 0.327 e. The first-order valence-corrected chi connectivity index (χ1v) is 9.93. The average Bonchev–Trinajstić information content (AvgIpc) is 3.67. The molecule has 2 atom stereocenters. The second-order valence-electron chi connectivity index (χ2n) is 7.75. The fourth-order valence-corrected chi connectivity index (χ4v) is 2.81. The van der Waals surface area contributed by atoms with Crippen molar-refractivity contribution in [2.75, 3.05) is 26.4 Å². The molecule has 0 bridgehead atoms. The molecule has 2 unspecified atom stereocenters. The van der Waals surface area contributed by atoms with E-state index in [2.05, 4.69) is 44.7 Å². The van der Waals surface area contributed by atoms with E-state index in [1.54, 1.807) is 0 Å². The molecule has 160 valence electrons. The summed E-state index contributed by atoms with van der Waals surface area (Å²) in [6.45, 7) is 10.3. The van der Waals surface area contributed by atoms with Crippen LogP contribution >= 0.6 is 0 Å². The van der Waals surface area contributed by atoms with Crippen molar-refractivity contribution in [2.24, 2.45) is 0 Å². The molecule has 2 aromatic carbocycles. The summed E-state index contributed by atoms with van der Waals surface area (Å²) >= 11 is 0. The van der Waals surface area contributed by atoms with E-state index < -0.39 is 5.97 Å². The van der Waals surface area contributed by atoms with Crippen molar-refractivity contribution < 1.29 is 28.8 Å². The zero-order valence-corrected chi connectivity index (χ0v) is 17.4. The first-order valence-electron chi connectivity index (χ1n) is 9.93. The van der Waals surface area contributed by atoms with Crippen LogP contribution in [0.2, 0.25) is 0 Å². The molecule has 0 aromatic heterocycles. The van der Waals surface area contributed by atoms with Crippen LogP contribution in [-0.2, 0) is 19.7 Å². The number of aliphatic carboxylic acids is 1. The Kier molecular flexibility index (Phi) is 7.13.